The first-order chi connectivity index (χ1) is 9.61. The van der Waals surface area contributed by atoms with Gasteiger partial charge in [-0.15, -0.1) is 0 Å². The van der Waals surface area contributed by atoms with Crippen molar-refractivity contribution in [2.45, 2.75) is 19.9 Å². The summed E-state index contributed by atoms with van der Waals surface area (Å²) in [6, 6.07) is 15.3. The Kier molecular flexibility index (Phi) is 4.61. The van der Waals surface area contributed by atoms with Crippen LogP contribution in [0.25, 0.3) is 0 Å². The first-order valence-corrected chi connectivity index (χ1v) is 6.77. The smallest absolute Gasteiger partial charge is 0.167 e. The molecular formula is C17H20FNO. The number of hydrogen-bond acceptors (Lipinski definition) is 2. The number of rotatable bonds is 5. The molecule has 0 saturated carbocycles. The predicted molar refractivity (Wildman–Crippen MR) is 80.6 cm³/mol. The first-order valence-electron chi connectivity index (χ1n) is 6.77. The maximum absolute atomic E-state index is 13.7. The molecule has 0 fully saturated rings. The number of halogens is 1. The largest absolute Gasteiger partial charge is 0.494 e. The van der Waals surface area contributed by atoms with E-state index in [1.54, 1.807) is 6.07 Å². The molecule has 1 atom stereocenters. The van der Waals surface area contributed by atoms with E-state index in [0.29, 0.717) is 5.92 Å². The lowest BCUT2D eigenvalue weighted by Gasteiger charge is -2.24. The van der Waals surface area contributed by atoms with Crippen molar-refractivity contribution in [2.75, 3.05) is 12.4 Å². The molecule has 2 aromatic rings. The van der Waals surface area contributed by atoms with Crippen molar-refractivity contribution in [1.82, 2.24) is 0 Å². The van der Waals surface area contributed by atoms with Crippen molar-refractivity contribution >= 4 is 5.69 Å². The minimum absolute atomic E-state index is 0.143. The molecular weight excluding hydrogens is 253 g/mol. The van der Waals surface area contributed by atoms with E-state index in [1.165, 1.54) is 18.7 Å². The van der Waals surface area contributed by atoms with Crippen LogP contribution in [0.2, 0.25) is 0 Å². The molecule has 0 aliphatic carbocycles. The van der Waals surface area contributed by atoms with Gasteiger partial charge in [0.1, 0.15) is 0 Å². The van der Waals surface area contributed by atoms with Crippen LogP contribution >= 0.6 is 0 Å². The van der Waals surface area contributed by atoms with E-state index in [2.05, 4.69) is 31.3 Å². The Morgan fingerprint density at radius 1 is 1.05 bits per heavy atom. The van der Waals surface area contributed by atoms with E-state index in [-0.39, 0.29) is 17.6 Å². The van der Waals surface area contributed by atoms with Crippen LogP contribution in [-0.2, 0) is 0 Å². The topological polar surface area (TPSA) is 21.3 Å². The zero-order chi connectivity index (χ0) is 14.5. The molecule has 0 radical (unpaired) electrons. The van der Waals surface area contributed by atoms with Crippen LogP contribution in [0.15, 0.2) is 48.5 Å². The molecule has 0 aliphatic heterocycles. The minimum Gasteiger partial charge on any atom is -0.494 e. The SMILES string of the molecule is COc1ccc(NC(c2ccccc2)C(C)C)cc1F. The molecule has 3 heteroatoms. The van der Waals surface area contributed by atoms with Crippen LogP contribution in [0.4, 0.5) is 10.1 Å². The quantitative estimate of drug-likeness (QED) is 0.856. The Balaban J connectivity index is 2.23. The van der Waals surface area contributed by atoms with Gasteiger partial charge in [0.2, 0.25) is 0 Å². The highest BCUT2D eigenvalue weighted by molar-refractivity contribution is 5.49. The first kappa shape index (κ1) is 14.4. The van der Waals surface area contributed by atoms with Gasteiger partial charge in [0, 0.05) is 11.8 Å². The molecule has 2 rings (SSSR count). The number of methoxy groups -OCH3 is 1. The Bertz CT molecular complexity index is 554. The fourth-order valence-electron chi connectivity index (χ4n) is 2.23. The van der Waals surface area contributed by atoms with Crippen molar-refractivity contribution < 1.29 is 9.13 Å². The standard InChI is InChI=1S/C17H20FNO/c1-12(2)17(13-7-5-4-6-8-13)19-14-9-10-16(20-3)15(18)11-14/h4-12,17,19H,1-3H3. The normalized spacial score (nSPS) is 12.2. The zero-order valence-corrected chi connectivity index (χ0v) is 12.1. The molecule has 0 spiro atoms. The van der Waals surface area contributed by atoms with Gasteiger partial charge in [-0.3, -0.25) is 0 Å². The fourth-order valence-corrected chi connectivity index (χ4v) is 2.23. The molecule has 0 aromatic heterocycles. The third-order valence-electron chi connectivity index (χ3n) is 3.30. The van der Waals surface area contributed by atoms with Crippen LogP contribution in [0, 0.1) is 11.7 Å². The Morgan fingerprint density at radius 2 is 1.75 bits per heavy atom. The van der Waals surface area contributed by atoms with Crippen molar-refractivity contribution in [3.63, 3.8) is 0 Å². The Morgan fingerprint density at radius 3 is 2.30 bits per heavy atom. The summed E-state index contributed by atoms with van der Waals surface area (Å²) in [4.78, 5) is 0. The monoisotopic (exact) mass is 273 g/mol. The van der Waals surface area contributed by atoms with E-state index in [9.17, 15) is 4.39 Å². The summed E-state index contributed by atoms with van der Waals surface area (Å²) in [6.45, 7) is 4.29. The molecule has 1 unspecified atom stereocenters. The summed E-state index contributed by atoms with van der Waals surface area (Å²) in [6.07, 6.45) is 0. The van der Waals surface area contributed by atoms with E-state index >= 15 is 0 Å². The van der Waals surface area contributed by atoms with Gasteiger partial charge in [0.15, 0.2) is 11.6 Å². The van der Waals surface area contributed by atoms with Gasteiger partial charge in [-0.25, -0.2) is 4.39 Å². The van der Waals surface area contributed by atoms with Crippen LogP contribution in [-0.4, -0.2) is 7.11 Å². The number of nitrogens with one attached hydrogen (secondary N) is 1. The summed E-state index contributed by atoms with van der Waals surface area (Å²) < 4.78 is 18.7. The van der Waals surface area contributed by atoms with Crippen molar-refractivity contribution in [3.8, 4) is 5.75 Å². The second-order valence-electron chi connectivity index (χ2n) is 5.13. The molecule has 0 saturated heterocycles. The van der Waals surface area contributed by atoms with Gasteiger partial charge in [-0.05, 0) is 23.6 Å². The van der Waals surface area contributed by atoms with Gasteiger partial charge in [-0.1, -0.05) is 44.2 Å². The molecule has 2 nitrogen and oxygen atoms in total. The van der Waals surface area contributed by atoms with Gasteiger partial charge < -0.3 is 10.1 Å². The lowest BCUT2D eigenvalue weighted by atomic mass is 9.96. The van der Waals surface area contributed by atoms with E-state index in [1.807, 2.05) is 24.3 Å². The third-order valence-corrected chi connectivity index (χ3v) is 3.30. The predicted octanol–water partition coefficient (Wildman–Crippen LogP) is 4.64. The molecule has 106 valence electrons. The van der Waals surface area contributed by atoms with Gasteiger partial charge in [0.25, 0.3) is 0 Å². The van der Waals surface area contributed by atoms with Gasteiger partial charge in [0.05, 0.1) is 13.2 Å². The van der Waals surface area contributed by atoms with E-state index in [4.69, 9.17) is 4.74 Å². The molecule has 1 N–H and O–H groups in total. The third kappa shape index (κ3) is 3.29. The van der Waals surface area contributed by atoms with Gasteiger partial charge >= 0.3 is 0 Å². The second kappa shape index (κ2) is 6.42. The molecule has 0 aliphatic rings. The number of hydrogen-bond donors (Lipinski definition) is 1. The lowest BCUT2D eigenvalue weighted by Crippen LogP contribution is -2.16. The summed E-state index contributed by atoms with van der Waals surface area (Å²) in [5.41, 5.74) is 1.95. The van der Waals surface area contributed by atoms with Crippen molar-refractivity contribution in [3.05, 3.63) is 59.9 Å². The fraction of sp³-hybridized carbons (Fsp3) is 0.294. The summed E-state index contributed by atoms with van der Waals surface area (Å²) >= 11 is 0. The maximum Gasteiger partial charge on any atom is 0.167 e. The molecule has 0 amide bonds. The highest BCUT2D eigenvalue weighted by Gasteiger charge is 2.16. The molecule has 0 bridgehead atoms. The van der Waals surface area contributed by atoms with Gasteiger partial charge in [-0.2, -0.15) is 0 Å². The summed E-state index contributed by atoms with van der Waals surface area (Å²) in [5, 5.41) is 3.39. The average molecular weight is 273 g/mol. The van der Waals surface area contributed by atoms with E-state index in [0.717, 1.165) is 5.69 Å². The highest BCUT2D eigenvalue weighted by atomic mass is 19.1. The minimum atomic E-state index is -0.354. The molecule has 2 aromatic carbocycles. The number of benzene rings is 2. The maximum atomic E-state index is 13.7. The Hall–Kier alpha value is -2.03. The number of ether oxygens (including phenoxy) is 1. The lowest BCUT2D eigenvalue weighted by molar-refractivity contribution is 0.386. The highest BCUT2D eigenvalue weighted by Crippen LogP contribution is 2.28. The van der Waals surface area contributed by atoms with E-state index < -0.39 is 0 Å². The molecule has 20 heavy (non-hydrogen) atoms. The van der Waals surface area contributed by atoms with Crippen LogP contribution in [0.3, 0.4) is 0 Å². The van der Waals surface area contributed by atoms with Crippen LogP contribution in [0.1, 0.15) is 25.5 Å². The summed E-state index contributed by atoms with van der Waals surface area (Å²) in [7, 11) is 1.46. The van der Waals surface area contributed by atoms with Crippen LogP contribution < -0.4 is 10.1 Å². The Labute approximate surface area is 119 Å². The summed E-state index contributed by atoms with van der Waals surface area (Å²) in [5.74, 6) is 0.298. The molecule has 0 heterocycles. The average Bonchev–Trinajstić information content (AvgIpc) is 2.45. The van der Waals surface area contributed by atoms with Crippen molar-refractivity contribution in [1.29, 1.82) is 0 Å². The number of anilines is 1. The van der Waals surface area contributed by atoms with Crippen LogP contribution in [0.5, 0.6) is 5.75 Å². The second-order valence-corrected chi connectivity index (χ2v) is 5.13. The van der Waals surface area contributed by atoms with Crippen molar-refractivity contribution in [2.24, 2.45) is 5.92 Å². The zero-order valence-electron chi connectivity index (χ0n) is 12.1.